The molecule has 1 amide bonds. The van der Waals surface area contributed by atoms with E-state index in [9.17, 15) is 18.7 Å². The highest BCUT2D eigenvalue weighted by molar-refractivity contribution is 5.78. The lowest BCUT2D eigenvalue weighted by Gasteiger charge is -2.20. The zero-order chi connectivity index (χ0) is 13.9. The minimum Gasteiger partial charge on any atom is -0.386 e. The maximum absolute atomic E-state index is 13.0. The average molecular weight is 271 g/mol. The van der Waals surface area contributed by atoms with Crippen LogP contribution in [0.3, 0.4) is 0 Å². The van der Waals surface area contributed by atoms with Crippen LogP contribution in [0.1, 0.15) is 12.0 Å². The van der Waals surface area contributed by atoms with Crippen molar-refractivity contribution < 1.29 is 23.4 Å². The Labute approximate surface area is 109 Å². The summed E-state index contributed by atoms with van der Waals surface area (Å²) < 4.78 is 30.7. The maximum atomic E-state index is 13.0. The third-order valence-corrected chi connectivity index (χ3v) is 3.05. The van der Waals surface area contributed by atoms with E-state index < -0.39 is 17.2 Å². The molecule has 1 unspecified atom stereocenters. The maximum Gasteiger partial charge on any atom is 0.224 e. The number of carbonyl (C=O) groups excluding carboxylic acids is 1. The lowest BCUT2D eigenvalue weighted by Crippen LogP contribution is -2.43. The van der Waals surface area contributed by atoms with Crippen LogP contribution in [0.5, 0.6) is 0 Å². The summed E-state index contributed by atoms with van der Waals surface area (Å²) >= 11 is 0. The van der Waals surface area contributed by atoms with E-state index in [1.807, 2.05) is 0 Å². The highest BCUT2D eigenvalue weighted by atomic mass is 19.2. The van der Waals surface area contributed by atoms with Crippen molar-refractivity contribution in [2.24, 2.45) is 0 Å². The molecule has 104 valence electrons. The van der Waals surface area contributed by atoms with E-state index in [-0.39, 0.29) is 25.5 Å². The van der Waals surface area contributed by atoms with Gasteiger partial charge >= 0.3 is 0 Å². The standard InChI is InChI=1S/C13H15F2NO3/c14-10-2-1-9(5-11(10)15)6-12(17)16-7-13(18)3-4-19-8-13/h1-2,5,18H,3-4,6-8H2,(H,16,17). The SMILES string of the molecule is O=C(Cc1ccc(F)c(F)c1)NCC1(O)CCOC1. The summed E-state index contributed by atoms with van der Waals surface area (Å²) in [5.74, 6) is -2.28. The van der Waals surface area contributed by atoms with Crippen LogP contribution in [0.4, 0.5) is 8.78 Å². The Morgan fingerprint density at radius 1 is 1.42 bits per heavy atom. The van der Waals surface area contributed by atoms with Crippen molar-refractivity contribution >= 4 is 5.91 Å². The number of hydrogen-bond donors (Lipinski definition) is 2. The number of nitrogens with one attached hydrogen (secondary N) is 1. The molecule has 0 saturated carbocycles. The Morgan fingerprint density at radius 2 is 2.21 bits per heavy atom. The topological polar surface area (TPSA) is 58.6 Å². The first-order valence-electron chi connectivity index (χ1n) is 5.99. The second-order valence-corrected chi connectivity index (χ2v) is 4.73. The van der Waals surface area contributed by atoms with Gasteiger partial charge in [-0.1, -0.05) is 6.07 Å². The lowest BCUT2D eigenvalue weighted by atomic mass is 10.0. The van der Waals surface area contributed by atoms with Crippen LogP contribution in [0.2, 0.25) is 0 Å². The smallest absolute Gasteiger partial charge is 0.224 e. The molecule has 1 heterocycles. The molecule has 19 heavy (non-hydrogen) atoms. The fraction of sp³-hybridized carbons (Fsp3) is 0.462. The van der Waals surface area contributed by atoms with E-state index >= 15 is 0 Å². The Bertz CT molecular complexity index is 473. The molecule has 1 fully saturated rings. The summed E-state index contributed by atoms with van der Waals surface area (Å²) in [6, 6.07) is 3.32. The van der Waals surface area contributed by atoms with Crippen molar-refractivity contribution in [2.45, 2.75) is 18.4 Å². The Hall–Kier alpha value is -1.53. The van der Waals surface area contributed by atoms with E-state index in [1.165, 1.54) is 6.07 Å². The van der Waals surface area contributed by atoms with Gasteiger partial charge in [0.1, 0.15) is 5.60 Å². The number of rotatable bonds is 4. The van der Waals surface area contributed by atoms with Gasteiger partial charge in [-0.15, -0.1) is 0 Å². The van der Waals surface area contributed by atoms with E-state index in [1.54, 1.807) is 0 Å². The zero-order valence-corrected chi connectivity index (χ0v) is 10.3. The second-order valence-electron chi connectivity index (χ2n) is 4.73. The first kappa shape index (κ1) is 13.9. The van der Waals surface area contributed by atoms with E-state index in [0.717, 1.165) is 12.1 Å². The quantitative estimate of drug-likeness (QED) is 0.850. The molecule has 1 aliphatic rings. The first-order valence-corrected chi connectivity index (χ1v) is 5.99. The van der Waals surface area contributed by atoms with Crippen molar-refractivity contribution in [3.8, 4) is 0 Å². The first-order chi connectivity index (χ1) is 8.98. The van der Waals surface area contributed by atoms with Gasteiger partial charge in [0.15, 0.2) is 11.6 Å². The second kappa shape index (κ2) is 5.63. The van der Waals surface area contributed by atoms with Crippen LogP contribution in [0.25, 0.3) is 0 Å². The van der Waals surface area contributed by atoms with E-state index in [2.05, 4.69) is 5.32 Å². The third-order valence-electron chi connectivity index (χ3n) is 3.05. The Balaban J connectivity index is 1.85. The van der Waals surface area contributed by atoms with Gasteiger partial charge in [-0.2, -0.15) is 0 Å². The van der Waals surface area contributed by atoms with Crippen LogP contribution < -0.4 is 5.32 Å². The van der Waals surface area contributed by atoms with Crippen molar-refractivity contribution in [1.29, 1.82) is 0 Å². The monoisotopic (exact) mass is 271 g/mol. The molecule has 4 nitrogen and oxygen atoms in total. The molecule has 1 aromatic carbocycles. The van der Waals surface area contributed by atoms with Gasteiger partial charge in [-0.3, -0.25) is 4.79 Å². The molecule has 0 aliphatic carbocycles. The highest BCUT2D eigenvalue weighted by Gasteiger charge is 2.32. The molecule has 6 heteroatoms. The predicted molar refractivity (Wildman–Crippen MR) is 63.5 cm³/mol. The average Bonchev–Trinajstić information content (AvgIpc) is 2.79. The van der Waals surface area contributed by atoms with Crippen molar-refractivity contribution in [2.75, 3.05) is 19.8 Å². The molecular formula is C13H15F2NO3. The van der Waals surface area contributed by atoms with Crippen molar-refractivity contribution in [3.05, 3.63) is 35.4 Å². The molecule has 0 spiro atoms. The zero-order valence-electron chi connectivity index (χ0n) is 10.3. The minimum absolute atomic E-state index is 0.0614. The molecule has 1 saturated heterocycles. The summed E-state index contributed by atoms with van der Waals surface area (Å²) in [5, 5.41) is 12.5. The summed E-state index contributed by atoms with van der Waals surface area (Å²) in [4.78, 5) is 11.6. The summed E-state index contributed by atoms with van der Waals surface area (Å²) in [5.41, 5.74) is -0.643. The number of carbonyl (C=O) groups is 1. The van der Waals surface area contributed by atoms with Gasteiger partial charge < -0.3 is 15.2 Å². The Kier molecular flexibility index (Phi) is 4.11. The number of aliphatic hydroxyl groups is 1. The molecule has 2 rings (SSSR count). The molecular weight excluding hydrogens is 256 g/mol. The number of halogens is 2. The summed E-state index contributed by atoms with van der Waals surface area (Å²) in [6.07, 6.45) is 0.409. The number of hydrogen-bond acceptors (Lipinski definition) is 3. The number of ether oxygens (including phenoxy) is 1. The Morgan fingerprint density at radius 3 is 2.84 bits per heavy atom. The lowest BCUT2D eigenvalue weighted by molar-refractivity contribution is -0.121. The summed E-state index contributed by atoms with van der Waals surface area (Å²) in [6.45, 7) is 0.753. The van der Waals surface area contributed by atoms with Crippen LogP contribution in [0, 0.1) is 11.6 Å². The largest absolute Gasteiger partial charge is 0.386 e. The van der Waals surface area contributed by atoms with Gasteiger partial charge in [-0.25, -0.2) is 8.78 Å². The van der Waals surface area contributed by atoms with Crippen LogP contribution in [0.15, 0.2) is 18.2 Å². The molecule has 0 radical (unpaired) electrons. The van der Waals surface area contributed by atoms with Crippen molar-refractivity contribution in [1.82, 2.24) is 5.32 Å². The molecule has 1 aromatic rings. The third kappa shape index (κ3) is 3.71. The van der Waals surface area contributed by atoms with E-state index in [4.69, 9.17) is 4.74 Å². The van der Waals surface area contributed by atoms with Gasteiger partial charge in [-0.05, 0) is 17.7 Å². The van der Waals surface area contributed by atoms with Gasteiger partial charge in [0.25, 0.3) is 0 Å². The minimum atomic E-state index is -1.02. The molecule has 1 aliphatic heterocycles. The fourth-order valence-electron chi connectivity index (χ4n) is 1.90. The molecule has 2 N–H and O–H groups in total. The van der Waals surface area contributed by atoms with Gasteiger partial charge in [0.05, 0.1) is 13.0 Å². The van der Waals surface area contributed by atoms with Gasteiger partial charge in [0, 0.05) is 19.6 Å². The number of amides is 1. The molecule has 0 bridgehead atoms. The van der Waals surface area contributed by atoms with E-state index in [0.29, 0.717) is 18.6 Å². The summed E-state index contributed by atoms with van der Waals surface area (Å²) in [7, 11) is 0. The predicted octanol–water partition coefficient (Wildman–Crippen LogP) is 0.775. The normalized spacial score (nSPS) is 22.5. The van der Waals surface area contributed by atoms with Gasteiger partial charge in [0.2, 0.25) is 5.91 Å². The van der Waals surface area contributed by atoms with Crippen LogP contribution in [-0.4, -0.2) is 36.4 Å². The fourth-order valence-corrected chi connectivity index (χ4v) is 1.90. The van der Waals surface area contributed by atoms with Crippen LogP contribution in [-0.2, 0) is 16.0 Å². The van der Waals surface area contributed by atoms with Crippen molar-refractivity contribution in [3.63, 3.8) is 0 Å². The van der Waals surface area contributed by atoms with Crippen LogP contribution >= 0.6 is 0 Å². The highest BCUT2D eigenvalue weighted by Crippen LogP contribution is 2.17. The number of benzene rings is 1. The molecule has 0 aromatic heterocycles. The molecule has 1 atom stereocenters.